The molecule has 7 heteroatoms. The van der Waals surface area contributed by atoms with Crippen molar-refractivity contribution in [2.75, 3.05) is 18.5 Å². The quantitative estimate of drug-likeness (QED) is 0.537. The fourth-order valence-corrected chi connectivity index (χ4v) is 3.53. The molecule has 3 N–H and O–H groups in total. The van der Waals surface area contributed by atoms with Crippen molar-refractivity contribution in [3.8, 4) is 11.5 Å². The van der Waals surface area contributed by atoms with E-state index in [9.17, 15) is 0 Å². The first-order valence-corrected chi connectivity index (χ1v) is 9.70. The highest BCUT2D eigenvalue weighted by Gasteiger charge is 2.27. The molecule has 0 saturated heterocycles. The van der Waals surface area contributed by atoms with E-state index in [0.29, 0.717) is 31.8 Å². The second-order valence-corrected chi connectivity index (χ2v) is 7.16. The molecule has 7 nitrogen and oxygen atoms in total. The molecule has 5 rings (SSSR count). The number of nitrogens with two attached hydrogens (primary N) is 1. The van der Waals surface area contributed by atoms with Gasteiger partial charge in [0.05, 0.1) is 24.2 Å². The van der Waals surface area contributed by atoms with Crippen LogP contribution in [0.1, 0.15) is 31.1 Å². The summed E-state index contributed by atoms with van der Waals surface area (Å²) >= 11 is 0. The molecule has 2 heterocycles. The molecule has 1 saturated carbocycles. The number of guanidine groups is 1. The van der Waals surface area contributed by atoms with Crippen molar-refractivity contribution in [2.45, 2.75) is 31.8 Å². The molecule has 1 aliphatic heterocycles. The standard InChI is InChI=1S/C21H23N5O2/c22-21(24-14-6-9-18-19(12-14)28-11-3-10-27-18)23-13-20-25-16-4-1-2-5-17(16)26(20)15-7-8-15/h1-2,4-6,9,12,15H,3,7-8,10-11,13H2,(H3,22,23,24). The lowest BCUT2D eigenvalue weighted by Crippen LogP contribution is -2.23. The van der Waals surface area contributed by atoms with Gasteiger partial charge in [0.1, 0.15) is 12.4 Å². The van der Waals surface area contributed by atoms with Gasteiger partial charge in [0, 0.05) is 24.2 Å². The first-order chi connectivity index (χ1) is 13.8. The van der Waals surface area contributed by atoms with Gasteiger partial charge in [-0.1, -0.05) is 12.1 Å². The van der Waals surface area contributed by atoms with E-state index >= 15 is 0 Å². The van der Waals surface area contributed by atoms with E-state index in [0.717, 1.165) is 34.9 Å². The molecular formula is C21H23N5O2. The zero-order chi connectivity index (χ0) is 18.9. The fraction of sp³-hybridized carbons (Fsp3) is 0.333. The summed E-state index contributed by atoms with van der Waals surface area (Å²) in [7, 11) is 0. The van der Waals surface area contributed by atoms with Crippen LogP contribution in [0, 0.1) is 0 Å². The minimum Gasteiger partial charge on any atom is -0.490 e. The molecule has 3 aromatic rings. The topological polar surface area (TPSA) is 86.7 Å². The normalized spacial score (nSPS) is 16.8. The maximum Gasteiger partial charge on any atom is 0.193 e. The first-order valence-electron chi connectivity index (χ1n) is 9.70. The lowest BCUT2D eigenvalue weighted by atomic mass is 10.3. The highest BCUT2D eigenvalue weighted by atomic mass is 16.5. The molecule has 0 amide bonds. The molecule has 0 spiro atoms. The third-order valence-corrected chi connectivity index (χ3v) is 4.99. The Kier molecular flexibility index (Phi) is 4.27. The van der Waals surface area contributed by atoms with Gasteiger partial charge in [-0.15, -0.1) is 0 Å². The number of imidazole rings is 1. The van der Waals surface area contributed by atoms with Crippen LogP contribution in [0.3, 0.4) is 0 Å². The third kappa shape index (κ3) is 3.35. The van der Waals surface area contributed by atoms with Crippen molar-refractivity contribution < 1.29 is 9.47 Å². The van der Waals surface area contributed by atoms with Gasteiger partial charge in [0.2, 0.25) is 0 Å². The van der Waals surface area contributed by atoms with Crippen LogP contribution in [-0.4, -0.2) is 28.7 Å². The second kappa shape index (κ2) is 7.07. The number of ether oxygens (including phenoxy) is 2. The Labute approximate surface area is 163 Å². The van der Waals surface area contributed by atoms with Crippen LogP contribution in [0.5, 0.6) is 11.5 Å². The maximum absolute atomic E-state index is 6.13. The van der Waals surface area contributed by atoms with Crippen LogP contribution in [0.4, 0.5) is 5.69 Å². The van der Waals surface area contributed by atoms with Crippen LogP contribution < -0.4 is 20.5 Å². The summed E-state index contributed by atoms with van der Waals surface area (Å²) in [5.41, 5.74) is 9.13. The highest BCUT2D eigenvalue weighted by Crippen LogP contribution is 2.38. The van der Waals surface area contributed by atoms with Crippen molar-refractivity contribution in [1.82, 2.24) is 9.55 Å². The van der Waals surface area contributed by atoms with Crippen molar-refractivity contribution >= 4 is 22.7 Å². The van der Waals surface area contributed by atoms with Crippen molar-refractivity contribution in [2.24, 2.45) is 10.7 Å². The summed E-state index contributed by atoms with van der Waals surface area (Å²) < 4.78 is 13.7. The predicted molar refractivity (Wildman–Crippen MR) is 109 cm³/mol. The predicted octanol–water partition coefficient (Wildman–Crippen LogP) is 3.46. The summed E-state index contributed by atoms with van der Waals surface area (Å²) in [5.74, 6) is 2.79. The molecule has 0 bridgehead atoms. The lowest BCUT2D eigenvalue weighted by Gasteiger charge is -2.11. The fourth-order valence-electron chi connectivity index (χ4n) is 3.53. The number of aliphatic imine (C=N–C) groups is 1. The average Bonchev–Trinajstić information content (AvgIpc) is 3.50. The number of anilines is 1. The zero-order valence-corrected chi connectivity index (χ0v) is 15.6. The van der Waals surface area contributed by atoms with Gasteiger partial charge in [-0.3, -0.25) is 0 Å². The van der Waals surface area contributed by atoms with Crippen molar-refractivity contribution in [1.29, 1.82) is 0 Å². The number of hydrogen-bond acceptors (Lipinski definition) is 4. The Morgan fingerprint density at radius 1 is 1.14 bits per heavy atom. The summed E-state index contributed by atoms with van der Waals surface area (Å²) in [5, 5.41) is 3.14. The van der Waals surface area contributed by atoms with Gasteiger partial charge in [-0.05, 0) is 37.1 Å². The van der Waals surface area contributed by atoms with E-state index in [1.807, 2.05) is 30.3 Å². The number of nitrogens with one attached hydrogen (secondary N) is 1. The summed E-state index contributed by atoms with van der Waals surface area (Å²) in [6.45, 7) is 1.76. The molecule has 0 atom stereocenters. The molecule has 1 aliphatic carbocycles. The summed E-state index contributed by atoms with van der Waals surface area (Å²) in [6.07, 6.45) is 3.27. The smallest absolute Gasteiger partial charge is 0.193 e. The van der Waals surface area contributed by atoms with Gasteiger partial charge in [0.25, 0.3) is 0 Å². The molecule has 2 aliphatic rings. The monoisotopic (exact) mass is 377 g/mol. The van der Waals surface area contributed by atoms with Gasteiger partial charge in [0.15, 0.2) is 17.5 Å². The highest BCUT2D eigenvalue weighted by molar-refractivity contribution is 5.92. The molecule has 0 radical (unpaired) electrons. The molecule has 1 fully saturated rings. The SMILES string of the molecule is NC(=NCc1nc2ccccc2n1C1CC1)Nc1ccc2c(c1)OCCCO2. The second-order valence-electron chi connectivity index (χ2n) is 7.16. The number of benzene rings is 2. The molecule has 144 valence electrons. The van der Waals surface area contributed by atoms with E-state index in [-0.39, 0.29) is 0 Å². The van der Waals surface area contributed by atoms with E-state index in [1.54, 1.807) is 0 Å². The van der Waals surface area contributed by atoms with Crippen LogP contribution >= 0.6 is 0 Å². The largest absolute Gasteiger partial charge is 0.490 e. The Morgan fingerprint density at radius 3 is 2.82 bits per heavy atom. The Balaban J connectivity index is 1.34. The Hall–Kier alpha value is -3.22. The number of para-hydroxylation sites is 2. The number of fused-ring (bicyclic) bond motifs is 2. The molecule has 0 unspecified atom stereocenters. The molecule has 1 aromatic heterocycles. The zero-order valence-electron chi connectivity index (χ0n) is 15.6. The maximum atomic E-state index is 6.13. The van der Waals surface area contributed by atoms with Crippen LogP contribution in [0.25, 0.3) is 11.0 Å². The number of rotatable bonds is 4. The molecule has 28 heavy (non-hydrogen) atoms. The van der Waals surface area contributed by atoms with Crippen molar-refractivity contribution in [3.63, 3.8) is 0 Å². The number of aromatic nitrogens is 2. The third-order valence-electron chi connectivity index (χ3n) is 4.99. The summed E-state index contributed by atoms with van der Waals surface area (Å²) in [6, 6.07) is 14.5. The summed E-state index contributed by atoms with van der Waals surface area (Å²) in [4.78, 5) is 9.27. The van der Waals surface area contributed by atoms with Crippen LogP contribution in [0.2, 0.25) is 0 Å². The average molecular weight is 377 g/mol. The Bertz CT molecular complexity index is 1040. The number of hydrogen-bond donors (Lipinski definition) is 2. The minimum absolute atomic E-state index is 0.351. The first kappa shape index (κ1) is 16.9. The van der Waals surface area contributed by atoms with E-state index in [4.69, 9.17) is 20.2 Å². The molecular weight excluding hydrogens is 354 g/mol. The van der Waals surface area contributed by atoms with E-state index in [1.165, 1.54) is 18.4 Å². The van der Waals surface area contributed by atoms with Gasteiger partial charge in [-0.25, -0.2) is 9.98 Å². The van der Waals surface area contributed by atoms with Crippen LogP contribution in [0.15, 0.2) is 47.5 Å². The van der Waals surface area contributed by atoms with Crippen molar-refractivity contribution in [3.05, 3.63) is 48.3 Å². The van der Waals surface area contributed by atoms with Gasteiger partial charge < -0.3 is 25.1 Å². The van der Waals surface area contributed by atoms with E-state index in [2.05, 4.69) is 27.0 Å². The lowest BCUT2D eigenvalue weighted by molar-refractivity contribution is 0.297. The molecule has 2 aromatic carbocycles. The Morgan fingerprint density at radius 2 is 1.96 bits per heavy atom. The van der Waals surface area contributed by atoms with Crippen LogP contribution in [-0.2, 0) is 6.54 Å². The minimum atomic E-state index is 0.351. The number of nitrogens with zero attached hydrogens (tertiary/aromatic N) is 3. The van der Waals surface area contributed by atoms with Gasteiger partial charge >= 0.3 is 0 Å². The van der Waals surface area contributed by atoms with E-state index < -0.39 is 0 Å². The van der Waals surface area contributed by atoms with Gasteiger partial charge in [-0.2, -0.15) is 0 Å².